The average molecular weight is 494 g/mol. The van der Waals surface area contributed by atoms with E-state index in [9.17, 15) is 26.4 Å². The first-order chi connectivity index (χ1) is 13.2. The fraction of sp³-hybridized carbons (Fsp3) is 0.278. The predicted molar refractivity (Wildman–Crippen MR) is 107 cm³/mol. The number of para-hydroxylation sites is 1. The number of hydrogen-bond acceptors (Lipinski definition) is 4. The lowest BCUT2D eigenvalue weighted by Gasteiger charge is -2.20. The summed E-state index contributed by atoms with van der Waals surface area (Å²) in [5.74, 6) is -0.818. The maximum atomic E-state index is 13.0. The number of carbonyl (C=O) groups is 1. The van der Waals surface area contributed by atoms with Crippen LogP contribution < -0.4 is 15.6 Å². The molecule has 0 fully saturated rings. The highest BCUT2D eigenvalue weighted by molar-refractivity contribution is 9.10. The Kier molecular flexibility index (Phi) is 6.65. The molecule has 0 saturated heterocycles. The number of anilines is 1. The summed E-state index contributed by atoms with van der Waals surface area (Å²) in [6, 6.07) is 8.44. The van der Waals surface area contributed by atoms with E-state index in [-0.39, 0.29) is 20.6 Å². The minimum Gasteiger partial charge on any atom is -0.298 e. The maximum Gasteiger partial charge on any atom is 0.418 e. The molecule has 11 heteroatoms. The number of nitrogens with one attached hydrogen (secondary N) is 3. The van der Waals surface area contributed by atoms with E-state index in [1.807, 2.05) is 0 Å². The van der Waals surface area contributed by atoms with Gasteiger partial charge < -0.3 is 0 Å². The lowest BCUT2D eigenvalue weighted by atomic mass is 10.1. The first-order valence-corrected chi connectivity index (χ1v) is 10.5. The van der Waals surface area contributed by atoms with Crippen LogP contribution in [0.25, 0.3) is 0 Å². The second kappa shape index (κ2) is 8.33. The predicted octanol–water partition coefficient (Wildman–Crippen LogP) is 4.30. The standard InChI is InChI=1S/C18H19BrF3N3O3S/c1-17(2,3)25-29(27,28)11-8-9-14(19)12(10-11)16(26)24-23-15-7-5-4-6-13(15)18(20,21)22/h4-10,23,25H,1-3H3,(H,24,26). The number of sulfonamides is 1. The van der Waals surface area contributed by atoms with Crippen LogP contribution in [0.1, 0.15) is 36.7 Å². The van der Waals surface area contributed by atoms with E-state index < -0.39 is 33.2 Å². The molecule has 0 unspecified atom stereocenters. The molecule has 3 N–H and O–H groups in total. The van der Waals surface area contributed by atoms with Crippen LogP contribution >= 0.6 is 15.9 Å². The van der Waals surface area contributed by atoms with E-state index in [1.54, 1.807) is 20.8 Å². The molecular formula is C18H19BrF3N3O3S. The zero-order chi connectivity index (χ0) is 22.0. The number of benzene rings is 2. The summed E-state index contributed by atoms with van der Waals surface area (Å²) >= 11 is 3.15. The molecule has 0 aliphatic carbocycles. The molecule has 158 valence electrons. The number of rotatable bonds is 5. The molecular weight excluding hydrogens is 475 g/mol. The van der Waals surface area contributed by atoms with Crippen LogP contribution in [-0.2, 0) is 16.2 Å². The summed E-state index contributed by atoms with van der Waals surface area (Å²) in [7, 11) is -3.90. The van der Waals surface area contributed by atoms with Gasteiger partial charge in [-0.05, 0) is 67.0 Å². The third-order valence-electron chi connectivity index (χ3n) is 3.48. The van der Waals surface area contributed by atoms with E-state index >= 15 is 0 Å². The van der Waals surface area contributed by atoms with Gasteiger partial charge in [0.2, 0.25) is 10.0 Å². The molecule has 2 rings (SSSR count). The van der Waals surface area contributed by atoms with Gasteiger partial charge in [-0.2, -0.15) is 13.2 Å². The Morgan fingerprint density at radius 2 is 1.66 bits per heavy atom. The first kappa shape index (κ1) is 23.2. The zero-order valence-corrected chi connectivity index (χ0v) is 18.1. The summed E-state index contributed by atoms with van der Waals surface area (Å²) in [6.07, 6.45) is -4.61. The average Bonchev–Trinajstić information content (AvgIpc) is 2.57. The molecule has 0 bridgehead atoms. The maximum absolute atomic E-state index is 13.0. The Balaban J connectivity index is 2.27. The smallest absolute Gasteiger partial charge is 0.298 e. The zero-order valence-electron chi connectivity index (χ0n) is 15.7. The Morgan fingerprint density at radius 1 is 1.03 bits per heavy atom. The summed E-state index contributed by atoms with van der Waals surface area (Å²) in [6.45, 7) is 5.00. The highest BCUT2D eigenvalue weighted by Gasteiger charge is 2.33. The van der Waals surface area contributed by atoms with Crippen molar-refractivity contribution in [1.82, 2.24) is 10.1 Å². The van der Waals surface area contributed by atoms with Gasteiger partial charge in [0.25, 0.3) is 5.91 Å². The summed E-state index contributed by atoms with van der Waals surface area (Å²) in [5.41, 5.74) is 2.29. The molecule has 0 aromatic heterocycles. The van der Waals surface area contributed by atoms with E-state index in [1.165, 1.54) is 24.3 Å². The quantitative estimate of drug-likeness (QED) is 0.541. The molecule has 1 amide bonds. The molecule has 6 nitrogen and oxygen atoms in total. The minimum absolute atomic E-state index is 0.0706. The lowest BCUT2D eigenvalue weighted by Crippen LogP contribution is -2.40. The van der Waals surface area contributed by atoms with Crippen LogP contribution in [0.2, 0.25) is 0 Å². The molecule has 0 spiro atoms. The van der Waals surface area contributed by atoms with Gasteiger partial charge in [0.05, 0.1) is 21.7 Å². The van der Waals surface area contributed by atoms with Crippen molar-refractivity contribution in [2.24, 2.45) is 0 Å². The first-order valence-electron chi connectivity index (χ1n) is 8.27. The van der Waals surface area contributed by atoms with Gasteiger partial charge in [0.15, 0.2) is 0 Å². The van der Waals surface area contributed by atoms with E-state index in [4.69, 9.17) is 0 Å². The highest BCUT2D eigenvalue weighted by Crippen LogP contribution is 2.34. The topological polar surface area (TPSA) is 87.3 Å². The summed E-state index contributed by atoms with van der Waals surface area (Å²) in [5, 5.41) is 0. The molecule has 2 aromatic carbocycles. The fourth-order valence-corrected chi connectivity index (χ4v) is 4.21. The van der Waals surface area contributed by atoms with Crippen molar-refractivity contribution in [3.05, 3.63) is 58.1 Å². The second-order valence-electron chi connectivity index (χ2n) is 7.12. The Hall–Kier alpha value is -2.11. The number of halogens is 4. The number of alkyl halides is 3. The molecule has 29 heavy (non-hydrogen) atoms. The van der Waals surface area contributed by atoms with Gasteiger partial charge in [-0.15, -0.1) is 0 Å². The molecule has 0 saturated carbocycles. The van der Waals surface area contributed by atoms with Crippen LogP contribution in [0.4, 0.5) is 18.9 Å². The lowest BCUT2D eigenvalue weighted by molar-refractivity contribution is -0.137. The molecule has 0 aliphatic heterocycles. The highest BCUT2D eigenvalue weighted by atomic mass is 79.9. The normalized spacial score (nSPS) is 12.5. The van der Waals surface area contributed by atoms with Crippen molar-refractivity contribution in [2.75, 3.05) is 5.43 Å². The van der Waals surface area contributed by atoms with Crippen molar-refractivity contribution in [3.8, 4) is 0 Å². The van der Waals surface area contributed by atoms with Crippen LogP contribution in [0.15, 0.2) is 51.8 Å². The number of hydrogen-bond donors (Lipinski definition) is 3. The number of carbonyl (C=O) groups excluding carboxylic acids is 1. The van der Waals surface area contributed by atoms with E-state index in [0.29, 0.717) is 0 Å². The third-order valence-corrected chi connectivity index (χ3v) is 5.92. The Bertz CT molecular complexity index is 1020. The van der Waals surface area contributed by atoms with Gasteiger partial charge in [-0.3, -0.25) is 15.6 Å². The molecule has 0 atom stereocenters. The van der Waals surface area contributed by atoms with Crippen LogP contribution in [-0.4, -0.2) is 19.9 Å². The van der Waals surface area contributed by atoms with E-state index in [2.05, 4.69) is 31.5 Å². The monoisotopic (exact) mass is 493 g/mol. The Morgan fingerprint density at radius 3 is 2.24 bits per heavy atom. The van der Waals surface area contributed by atoms with Gasteiger partial charge >= 0.3 is 6.18 Å². The Labute approximate surface area is 175 Å². The third kappa shape index (κ3) is 6.18. The van der Waals surface area contributed by atoms with Gasteiger partial charge in [0, 0.05) is 10.0 Å². The van der Waals surface area contributed by atoms with Gasteiger partial charge in [-0.1, -0.05) is 12.1 Å². The van der Waals surface area contributed by atoms with Gasteiger partial charge in [-0.25, -0.2) is 13.1 Å². The summed E-state index contributed by atoms with van der Waals surface area (Å²) in [4.78, 5) is 12.3. The fourth-order valence-electron chi connectivity index (χ4n) is 2.34. The number of hydrazine groups is 1. The number of amides is 1. The van der Waals surface area contributed by atoms with E-state index in [0.717, 1.165) is 18.2 Å². The van der Waals surface area contributed by atoms with Crippen LogP contribution in [0.5, 0.6) is 0 Å². The SMILES string of the molecule is CC(C)(C)NS(=O)(=O)c1ccc(Br)c(C(=O)NNc2ccccc2C(F)(F)F)c1. The summed E-state index contributed by atoms with van der Waals surface area (Å²) < 4.78 is 66.8. The van der Waals surface area contributed by atoms with Crippen molar-refractivity contribution in [3.63, 3.8) is 0 Å². The molecule has 0 aliphatic rings. The minimum atomic E-state index is -4.61. The van der Waals surface area contributed by atoms with Crippen molar-refractivity contribution >= 4 is 37.5 Å². The van der Waals surface area contributed by atoms with Crippen molar-refractivity contribution in [1.29, 1.82) is 0 Å². The van der Waals surface area contributed by atoms with Crippen molar-refractivity contribution < 1.29 is 26.4 Å². The van der Waals surface area contributed by atoms with Crippen LogP contribution in [0.3, 0.4) is 0 Å². The van der Waals surface area contributed by atoms with Gasteiger partial charge in [0.1, 0.15) is 0 Å². The largest absolute Gasteiger partial charge is 0.418 e. The molecule has 0 radical (unpaired) electrons. The second-order valence-corrected chi connectivity index (χ2v) is 9.66. The van der Waals surface area contributed by atoms with Crippen molar-refractivity contribution in [2.45, 2.75) is 37.4 Å². The molecule has 2 aromatic rings. The molecule has 0 heterocycles. The van der Waals surface area contributed by atoms with Crippen LogP contribution in [0, 0.1) is 0 Å².